The Morgan fingerprint density at radius 2 is 1.16 bits per heavy atom. The highest BCUT2D eigenvalue weighted by Crippen LogP contribution is 2.42. The third-order valence-corrected chi connectivity index (χ3v) is 6.14. The van der Waals surface area contributed by atoms with E-state index in [-0.39, 0.29) is 0 Å². The Balaban J connectivity index is 1.86. The number of nitrogens with zero attached hydrogens (tertiary/aromatic N) is 2. The molecule has 0 atom stereocenters. The largest absolute Gasteiger partial charge is 0.295 e. The average Bonchev–Trinajstić information content (AvgIpc) is 3.21. The highest BCUT2D eigenvalue weighted by atomic mass is 15.1. The van der Waals surface area contributed by atoms with Crippen LogP contribution in [0.2, 0.25) is 0 Å². The summed E-state index contributed by atoms with van der Waals surface area (Å²) in [5, 5.41) is 5.03. The number of hydrogen-bond acceptors (Lipinski definition) is 1. The first-order chi connectivity index (χ1) is 15.4. The zero-order valence-electron chi connectivity index (χ0n) is 17.4. The van der Waals surface area contributed by atoms with E-state index in [0.29, 0.717) is 0 Å². The monoisotopic (exact) mass is 398 g/mol. The molecular formula is C29H22N2. The van der Waals surface area contributed by atoms with Crippen LogP contribution in [0.25, 0.3) is 49.4 Å². The fraction of sp³-hybridized carbons (Fsp3) is 0.0690. The maximum absolute atomic E-state index is 4.96. The Morgan fingerprint density at radius 1 is 0.613 bits per heavy atom. The second-order valence-electron chi connectivity index (χ2n) is 7.89. The van der Waals surface area contributed by atoms with Crippen LogP contribution in [0.3, 0.4) is 0 Å². The Morgan fingerprint density at radius 3 is 1.81 bits per heavy atom. The van der Waals surface area contributed by atoms with E-state index < -0.39 is 0 Å². The van der Waals surface area contributed by atoms with E-state index in [2.05, 4.69) is 115 Å². The van der Waals surface area contributed by atoms with E-state index in [1.807, 2.05) is 0 Å². The molecule has 0 spiro atoms. The predicted molar refractivity (Wildman–Crippen MR) is 131 cm³/mol. The molecule has 6 aromatic rings. The normalized spacial score (nSPS) is 11.5. The van der Waals surface area contributed by atoms with Crippen molar-refractivity contribution < 1.29 is 0 Å². The number of aryl methyl sites for hydroxylation is 1. The lowest BCUT2D eigenvalue weighted by atomic mass is 9.90. The van der Waals surface area contributed by atoms with Gasteiger partial charge in [0.1, 0.15) is 5.82 Å². The molecule has 31 heavy (non-hydrogen) atoms. The summed E-state index contributed by atoms with van der Waals surface area (Å²) in [6, 6.07) is 36.7. The summed E-state index contributed by atoms with van der Waals surface area (Å²) in [4.78, 5) is 4.96. The molecular weight excluding hydrogens is 376 g/mol. The molecule has 6 rings (SSSR count). The molecule has 0 radical (unpaired) electrons. The van der Waals surface area contributed by atoms with Crippen molar-refractivity contribution in [3.63, 3.8) is 0 Å². The number of benzene rings is 5. The molecule has 0 saturated carbocycles. The Kier molecular flexibility index (Phi) is 4.10. The van der Waals surface area contributed by atoms with Gasteiger partial charge in [0.2, 0.25) is 0 Å². The van der Waals surface area contributed by atoms with E-state index in [0.717, 1.165) is 23.3 Å². The summed E-state index contributed by atoms with van der Waals surface area (Å²) in [6.45, 7) is 2.18. The van der Waals surface area contributed by atoms with Gasteiger partial charge >= 0.3 is 0 Å². The molecule has 148 valence electrons. The smallest absolute Gasteiger partial charge is 0.114 e. The topological polar surface area (TPSA) is 17.8 Å². The van der Waals surface area contributed by atoms with Crippen LogP contribution in [0.5, 0.6) is 0 Å². The minimum atomic E-state index is 0.873. The van der Waals surface area contributed by atoms with Crippen molar-refractivity contribution in [1.82, 2.24) is 9.55 Å². The van der Waals surface area contributed by atoms with Gasteiger partial charge in [-0.3, -0.25) is 4.57 Å². The lowest BCUT2D eigenvalue weighted by Gasteiger charge is -2.19. The van der Waals surface area contributed by atoms with E-state index >= 15 is 0 Å². The molecule has 2 nitrogen and oxygen atoms in total. The summed E-state index contributed by atoms with van der Waals surface area (Å²) < 4.78 is 2.37. The van der Waals surface area contributed by atoms with Gasteiger partial charge in [0, 0.05) is 17.2 Å². The Labute approximate surface area is 181 Å². The van der Waals surface area contributed by atoms with Crippen molar-refractivity contribution in [2.75, 3.05) is 0 Å². The van der Waals surface area contributed by atoms with Crippen molar-refractivity contribution in [2.24, 2.45) is 0 Å². The van der Waals surface area contributed by atoms with Crippen LogP contribution in [0.4, 0.5) is 0 Å². The summed E-state index contributed by atoms with van der Waals surface area (Å²) in [5.74, 6) is 1.09. The van der Waals surface area contributed by atoms with Crippen molar-refractivity contribution in [3.05, 3.63) is 109 Å². The molecule has 0 amide bonds. The van der Waals surface area contributed by atoms with Crippen molar-refractivity contribution in [2.45, 2.75) is 13.3 Å². The molecule has 0 aliphatic heterocycles. The molecule has 0 bridgehead atoms. The molecule has 2 heteroatoms. The van der Waals surface area contributed by atoms with Crippen LogP contribution in [0, 0.1) is 0 Å². The third kappa shape index (κ3) is 2.69. The molecule has 5 aromatic carbocycles. The van der Waals surface area contributed by atoms with E-state index in [1.54, 1.807) is 0 Å². The van der Waals surface area contributed by atoms with E-state index in [4.69, 9.17) is 4.98 Å². The number of hydrogen-bond donors (Lipinski definition) is 0. The van der Waals surface area contributed by atoms with Crippen molar-refractivity contribution in [3.8, 4) is 16.8 Å². The molecule has 0 saturated heterocycles. The van der Waals surface area contributed by atoms with E-state index in [1.165, 1.54) is 38.4 Å². The first kappa shape index (κ1) is 17.9. The van der Waals surface area contributed by atoms with Gasteiger partial charge in [-0.15, -0.1) is 0 Å². The van der Waals surface area contributed by atoms with Gasteiger partial charge in [0.05, 0.1) is 16.7 Å². The van der Waals surface area contributed by atoms with E-state index in [9.17, 15) is 0 Å². The number of imidazole rings is 1. The quantitative estimate of drug-likeness (QED) is 0.281. The number of rotatable bonds is 3. The molecule has 0 fully saturated rings. The van der Waals surface area contributed by atoms with Crippen LogP contribution in [0.1, 0.15) is 12.7 Å². The highest BCUT2D eigenvalue weighted by Gasteiger charge is 2.19. The maximum atomic E-state index is 4.96. The summed E-state index contributed by atoms with van der Waals surface area (Å²) in [6.07, 6.45) is 0.873. The third-order valence-electron chi connectivity index (χ3n) is 6.14. The van der Waals surface area contributed by atoms with Crippen molar-refractivity contribution in [1.29, 1.82) is 0 Å². The fourth-order valence-corrected chi connectivity index (χ4v) is 4.82. The van der Waals surface area contributed by atoms with Crippen molar-refractivity contribution >= 4 is 32.6 Å². The molecule has 0 N–H and O–H groups in total. The SMILES string of the molecule is CCc1nc2ccccc2n1-c1c2ccccc2c(-c2ccccc2)c2ccccc12. The van der Waals surface area contributed by atoms with Crippen LogP contribution >= 0.6 is 0 Å². The second-order valence-corrected chi connectivity index (χ2v) is 7.89. The highest BCUT2D eigenvalue weighted by molar-refractivity contribution is 6.18. The number of aromatic nitrogens is 2. The van der Waals surface area contributed by atoms with Gasteiger partial charge in [-0.1, -0.05) is 97.9 Å². The minimum absolute atomic E-state index is 0.873. The molecule has 0 aliphatic carbocycles. The molecule has 0 aliphatic rings. The summed E-state index contributed by atoms with van der Waals surface area (Å²) in [5.41, 5.74) is 5.95. The van der Waals surface area contributed by atoms with Crippen LogP contribution in [0.15, 0.2) is 103 Å². The van der Waals surface area contributed by atoms with Crippen LogP contribution < -0.4 is 0 Å². The van der Waals surface area contributed by atoms with Crippen LogP contribution in [-0.4, -0.2) is 9.55 Å². The molecule has 1 heterocycles. The first-order valence-corrected chi connectivity index (χ1v) is 10.8. The molecule has 0 unspecified atom stereocenters. The van der Waals surface area contributed by atoms with Gasteiger partial charge in [0.15, 0.2) is 0 Å². The van der Waals surface area contributed by atoms with Gasteiger partial charge in [0.25, 0.3) is 0 Å². The zero-order valence-corrected chi connectivity index (χ0v) is 17.4. The first-order valence-electron chi connectivity index (χ1n) is 10.8. The average molecular weight is 399 g/mol. The number of para-hydroxylation sites is 2. The Hall–Kier alpha value is -3.91. The van der Waals surface area contributed by atoms with Gasteiger partial charge in [-0.2, -0.15) is 0 Å². The van der Waals surface area contributed by atoms with Gasteiger partial charge in [-0.25, -0.2) is 4.98 Å². The fourth-order valence-electron chi connectivity index (χ4n) is 4.82. The van der Waals surface area contributed by atoms with Gasteiger partial charge < -0.3 is 0 Å². The lowest BCUT2D eigenvalue weighted by molar-refractivity contribution is 0.917. The van der Waals surface area contributed by atoms with Gasteiger partial charge in [-0.05, 0) is 34.0 Å². The Bertz CT molecular complexity index is 1500. The lowest BCUT2D eigenvalue weighted by Crippen LogP contribution is -2.03. The zero-order chi connectivity index (χ0) is 20.8. The summed E-state index contributed by atoms with van der Waals surface area (Å²) >= 11 is 0. The summed E-state index contributed by atoms with van der Waals surface area (Å²) in [7, 11) is 0. The molecule has 1 aromatic heterocycles. The number of fused-ring (bicyclic) bond motifs is 3. The predicted octanol–water partition coefficient (Wildman–Crippen LogP) is 7.56. The standard InChI is InChI=1S/C29H22N2/c1-2-27-30-25-18-10-11-19-26(25)31(27)29-23-16-8-6-14-21(23)28(20-12-4-3-5-13-20)22-15-7-9-17-24(22)29/h3-19H,2H2,1H3. The second kappa shape index (κ2) is 7.10. The van der Waals surface area contributed by atoms with Crippen LogP contribution in [-0.2, 0) is 6.42 Å². The minimum Gasteiger partial charge on any atom is -0.295 e. The maximum Gasteiger partial charge on any atom is 0.114 e.